The van der Waals surface area contributed by atoms with E-state index in [0.717, 1.165) is 22.3 Å². The summed E-state index contributed by atoms with van der Waals surface area (Å²) in [7, 11) is 0. The van der Waals surface area contributed by atoms with E-state index < -0.39 is 27.7 Å². The molecule has 0 saturated carbocycles. The van der Waals surface area contributed by atoms with E-state index in [1.807, 2.05) is 135 Å². The molecule has 4 aromatic rings. The Labute approximate surface area is 217 Å². The zero-order chi connectivity index (χ0) is 24.5. The van der Waals surface area contributed by atoms with Crippen LogP contribution in [0.4, 0.5) is 0 Å². The molecule has 4 aromatic carbocycles. The van der Waals surface area contributed by atoms with E-state index >= 15 is 0 Å². The summed E-state index contributed by atoms with van der Waals surface area (Å²) in [4.78, 5) is -2.10. The van der Waals surface area contributed by atoms with Crippen molar-refractivity contribution in [3.63, 3.8) is 0 Å². The molecule has 2 nitrogen and oxygen atoms in total. The van der Waals surface area contributed by atoms with Crippen molar-refractivity contribution in [3.8, 4) is 0 Å². The van der Waals surface area contributed by atoms with Crippen molar-refractivity contribution in [2.45, 2.75) is 41.6 Å². The second-order valence-electron chi connectivity index (χ2n) is 9.36. The Morgan fingerprint density at radius 3 is 0.943 bits per heavy atom. The van der Waals surface area contributed by atoms with Crippen LogP contribution in [0.5, 0.6) is 0 Å². The average molecular weight is 503 g/mol. The van der Waals surface area contributed by atoms with Gasteiger partial charge in [0.15, 0.2) is 5.79 Å². The minimum atomic E-state index is -1.05. The van der Waals surface area contributed by atoms with Gasteiger partial charge in [0.05, 0.1) is 0 Å². The molecule has 1 aliphatic rings. The Morgan fingerprint density at radius 1 is 0.486 bits per heavy atom. The molecule has 0 amide bonds. The van der Waals surface area contributed by atoms with E-state index in [1.54, 1.807) is 0 Å². The highest BCUT2D eigenvalue weighted by Crippen LogP contribution is 2.55. The second-order valence-corrected chi connectivity index (χ2v) is 10.6. The van der Waals surface area contributed by atoms with Gasteiger partial charge in [0, 0.05) is 0 Å². The van der Waals surface area contributed by atoms with Crippen LogP contribution in [0.25, 0.3) is 0 Å². The minimum absolute atomic E-state index is 0.609. The molecule has 2 atom stereocenters. The molecule has 0 aliphatic carbocycles. The fourth-order valence-corrected chi connectivity index (χ4v) is 5.88. The second kappa shape index (κ2) is 9.44. The van der Waals surface area contributed by atoms with Crippen LogP contribution in [0.1, 0.15) is 36.1 Å². The van der Waals surface area contributed by atoms with Crippen LogP contribution in [0.2, 0.25) is 0 Å². The maximum Gasteiger partial charge on any atom is 0.164 e. The van der Waals surface area contributed by atoms with Crippen LogP contribution in [-0.2, 0) is 19.2 Å². The van der Waals surface area contributed by atoms with Crippen molar-refractivity contribution in [3.05, 3.63) is 144 Å². The van der Waals surface area contributed by atoms with E-state index in [2.05, 4.69) is 0 Å². The molecular formula is C31H28Cl2O2. The molecule has 0 bridgehead atoms. The molecule has 1 fully saturated rings. The number of hydrogen-bond donors (Lipinski definition) is 0. The molecule has 5 rings (SSSR count). The number of ether oxygens (including phenoxy) is 2. The van der Waals surface area contributed by atoms with Crippen LogP contribution in [0, 0.1) is 0 Å². The summed E-state index contributed by atoms with van der Waals surface area (Å²) in [6.45, 7) is 3.83. The third-order valence-electron chi connectivity index (χ3n) is 6.66. The number of hydrogen-bond acceptors (Lipinski definition) is 2. The van der Waals surface area contributed by atoms with Gasteiger partial charge < -0.3 is 9.47 Å². The lowest BCUT2D eigenvalue weighted by Crippen LogP contribution is -2.50. The first-order chi connectivity index (χ1) is 16.9. The van der Waals surface area contributed by atoms with Crippen molar-refractivity contribution < 1.29 is 9.47 Å². The molecule has 2 unspecified atom stereocenters. The molecule has 0 N–H and O–H groups in total. The Bertz CT molecular complexity index is 1070. The van der Waals surface area contributed by atoms with Gasteiger partial charge >= 0.3 is 0 Å². The SMILES string of the molecule is CC1(C)OC(C(Cl)(c2ccccc2)c2ccccc2)C(C(Cl)(c2ccccc2)c2ccccc2)O1. The van der Waals surface area contributed by atoms with Crippen molar-refractivity contribution >= 4 is 23.2 Å². The first kappa shape index (κ1) is 24.1. The topological polar surface area (TPSA) is 18.5 Å². The van der Waals surface area contributed by atoms with E-state index in [0.29, 0.717) is 0 Å². The molecule has 0 aromatic heterocycles. The molecule has 0 radical (unpaired) electrons. The summed E-state index contributed by atoms with van der Waals surface area (Å²) >= 11 is 15.5. The number of alkyl halides is 2. The monoisotopic (exact) mass is 502 g/mol. The van der Waals surface area contributed by atoms with Crippen LogP contribution >= 0.6 is 23.2 Å². The number of benzene rings is 4. The fraction of sp³-hybridized carbons (Fsp3) is 0.226. The largest absolute Gasteiger partial charge is 0.342 e. The van der Waals surface area contributed by atoms with E-state index in [1.165, 1.54) is 0 Å². The molecular weight excluding hydrogens is 475 g/mol. The third-order valence-corrected chi connectivity index (χ3v) is 7.96. The van der Waals surface area contributed by atoms with Gasteiger partial charge in [-0.05, 0) is 36.1 Å². The van der Waals surface area contributed by atoms with Crippen LogP contribution in [0.15, 0.2) is 121 Å². The summed E-state index contributed by atoms with van der Waals surface area (Å²) in [5, 5.41) is 0. The fourth-order valence-electron chi connectivity index (χ4n) is 5.06. The number of rotatable bonds is 6. The zero-order valence-corrected chi connectivity index (χ0v) is 21.3. The maximum absolute atomic E-state index is 7.74. The Morgan fingerprint density at radius 2 is 0.714 bits per heavy atom. The van der Waals surface area contributed by atoms with E-state index in [-0.39, 0.29) is 0 Å². The van der Waals surface area contributed by atoms with Gasteiger partial charge in [-0.15, -0.1) is 23.2 Å². The highest BCUT2D eigenvalue weighted by molar-refractivity contribution is 6.28. The standard InChI is InChI=1S/C31H28Cl2O2/c1-29(2)34-27(30(32,23-15-7-3-8-16-23)24-17-9-4-10-18-24)28(35-29)31(33,25-19-11-5-12-20-25)26-21-13-6-14-22-26/h3-22,27-28H,1-2H3. The third kappa shape index (κ3) is 4.30. The lowest BCUT2D eigenvalue weighted by Gasteiger charge is -2.42. The molecule has 1 heterocycles. The minimum Gasteiger partial charge on any atom is -0.342 e. The van der Waals surface area contributed by atoms with E-state index in [9.17, 15) is 0 Å². The van der Waals surface area contributed by atoms with Crippen LogP contribution in [0.3, 0.4) is 0 Å². The van der Waals surface area contributed by atoms with Crippen LogP contribution in [-0.4, -0.2) is 18.0 Å². The van der Waals surface area contributed by atoms with E-state index in [4.69, 9.17) is 32.7 Å². The molecule has 0 spiro atoms. The van der Waals surface area contributed by atoms with Gasteiger partial charge in [-0.1, -0.05) is 121 Å². The van der Waals surface area contributed by atoms with Gasteiger partial charge in [0.1, 0.15) is 22.0 Å². The predicted molar refractivity (Wildman–Crippen MR) is 143 cm³/mol. The maximum atomic E-state index is 7.74. The lowest BCUT2D eigenvalue weighted by molar-refractivity contribution is -0.150. The zero-order valence-electron chi connectivity index (χ0n) is 19.8. The molecule has 35 heavy (non-hydrogen) atoms. The van der Waals surface area contributed by atoms with Gasteiger partial charge in [-0.25, -0.2) is 0 Å². The summed E-state index contributed by atoms with van der Waals surface area (Å²) in [5.74, 6) is -0.900. The Balaban J connectivity index is 1.76. The summed E-state index contributed by atoms with van der Waals surface area (Å²) in [6, 6.07) is 40.2. The van der Waals surface area contributed by atoms with Crippen molar-refractivity contribution in [1.82, 2.24) is 0 Å². The quantitative estimate of drug-likeness (QED) is 0.249. The molecule has 1 aliphatic heterocycles. The predicted octanol–water partition coefficient (Wildman–Crippen LogP) is 7.87. The van der Waals surface area contributed by atoms with Crippen LogP contribution < -0.4 is 0 Å². The molecule has 178 valence electrons. The molecule has 1 saturated heterocycles. The van der Waals surface area contributed by atoms with Crippen molar-refractivity contribution in [2.75, 3.05) is 0 Å². The Hall–Kier alpha value is -2.62. The van der Waals surface area contributed by atoms with Gasteiger partial charge in [0.2, 0.25) is 0 Å². The summed E-state index contributed by atoms with van der Waals surface area (Å²) in [5.41, 5.74) is 3.68. The molecule has 4 heteroatoms. The average Bonchev–Trinajstić information content (AvgIpc) is 3.26. The smallest absolute Gasteiger partial charge is 0.164 e. The first-order valence-electron chi connectivity index (χ1n) is 11.8. The summed E-state index contributed by atoms with van der Waals surface area (Å²) < 4.78 is 13.4. The van der Waals surface area contributed by atoms with Gasteiger partial charge in [-0.3, -0.25) is 0 Å². The van der Waals surface area contributed by atoms with Gasteiger partial charge in [-0.2, -0.15) is 0 Å². The van der Waals surface area contributed by atoms with Crippen molar-refractivity contribution in [1.29, 1.82) is 0 Å². The number of halogens is 2. The van der Waals surface area contributed by atoms with Gasteiger partial charge in [0.25, 0.3) is 0 Å². The first-order valence-corrected chi connectivity index (χ1v) is 12.6. The normalized spacial score (nSPS) is 20.0. The van der Waals surface area contributed by atoms with Crippen molar-refractivity contribution in [2.24, 2.45) is 0 Å². The summed E-state index contributed by atoms with van der Waals surface area (Å²) in [6.07, 6.45) is -1.22. The highest BCUT2D eigenvalue weighted by Gasteiger charge is 2.61. The highest BCUT2D eigenvalue weighted by atomic mass is 35.5. The Kier molecular flexibility index (Phi) is 6.50. The lowest BCUT2D eigenvalue weighted by atomic mass is 9.76.